The van der Waals surface area contributed by atoms with Crippen molar-refractivity contribution in [2.45, 2.75) is 19.9 Å². The Kier molecular flexibility index (Phi) is 4.99. The Labute approximate surface area is 121 Å². The lowest BCUT2D eigenvalue weighted by Crippen LogP contribution is -2.30. The van der Waals surface area contributed by atoms with Crippen molar-refractivity contribution in [3.05, 3.63) is 35.9 Å². The fraction of sp³-hybridized carbons (Fsp3) is 0.357. The second kappa shape index (κ2) is 6.94. The number of benzene rings is 1. The Morgan fingerprint density at radius 3 is 2.71 bits per heavy atom. The summed E-state index contributed by atoms with van der Waals surface area (Å²) >= 11 is 0. The number of aliphatic carboxylic acids is 1. The van der Waals surface area contributed by atoms with Crippen molar-refractivity contribution in [3.63, 3.8) is 0 Å². The van der Waals surface area contributed by atoms with Gasteiger partial charge in [-0.05, 0) is 37.2 Å². The first kappa shape index (κ1) is 15.1. The van der Waals surface area contributed by atoms with Gasteiger partial charge in [0.15, 0.2) is 5.82 Å². The maximum absolute atomic E-state index is 12.9. The molecule has 7 heteroatoms. The van der Waals surface area contributed by atoms with Gasteiger partial charge in [0.05, 0.1) is 13.1 Å². The molecule has 0 aliphatic heterocycles. The van der Waals surface area contributed by atoms with E-state index in [1.54, 1.807) is 17.0 Å². The third-order valence-corrected chi connectivity index (χ3v) is 2.82. The number of nitrogens with zero attached hydrogens (tertiary/aromatic N) is 3. The first-order valence-electron chi connectivity index (χ1n) is 6.61. The van der Waals surface area contributed by atoms with Gasteiger partial charge in [-0.25, -0.2) is 4.39 Å². The fourth-order valence-electron chi connectivity index (χ4n) is 1.95. The second-order valence-corrected chi connectivity index (χ2v) is 4.63. The number of carbonyl (C=O) groups is 1. The van der Waals surface area contributed by atoms with Crippen molar-refractivity contribution in [2.75, 3.05) is 13.1 Å². The average molecular weight is 293 g/mol. The van der Waals surface area contributed by atoms with Gasteiger partial charge < -0.3 is 9.63 Å². The smallest absolute Gasteiger partial charge is 0.317 e. The van der Waals surface area contributed by atoms with E-state index in [4.69, 9.17) is 9.63 Å². The molecule has 0 bridgehead atoms. The summed E-state index contributed by atoms with van der Waals surface area (Å²) in [5.41, 5.74) is 0.621. The molecule has 0 spiro atoms. The molecule has 0 radical (unpaired) electrons. The summed E-state index contributed by atoms with van der Waals surface area (Å²) in [7, 11) is 0. The van der Waals surface area contributed by atoms with Gasteiger partial charge in [-0.1, -0.05) is 12.1 Å². The zero-order chi connectivity index (χ0) is 15.2. The molecular weight excluding hydrogens is 277 g/mol. The molecule has 6 nitrogen and oxygen atoms in total. The number of hydrogen-bond acceptors (Lipinski definition) is 5. The fourth-order valence-corrected chi connectivity index (χ4v) is 1.95. The van der Waals surface area contributed by atoms with E-state index in [0.717, 1.165) is 6.42 Å². The average Bonchev–Trinajstić information content (AvgIpc) is 2.87. The highest BCUT2D eigenvalue weighted by molar-refractivity contribution is 5.69. The highest BCUT2D eigenvalue weighted by Crippen LogP contribution is 2.17. The molecule has 21 heavy (non-hydrogen) atoms. The van der Waals surface area contributed by atoms with Crippen LogP contribution in [0.3, 0.4) is 0 Å². The Hall–Kier alpha value is -2.28. The Morgan fingerprint density at radius 2 is 2.10 bits per heavy atom. The molecule has 1 N–H and O–H groups in total. The monoisotopic (exact) mass is 293 g/mol. The van der Waals surface area contributed by atoms with Crippen LogP contribution in [0.15, 0.2) is 28.8 Å². The van der Waals surface area contributed by atoms with E-state index in [-0.39, 0.29) is 18.3 Å². The number of carboxylic acid groups (broad SMARTS) is 1. The van der Waals surface area contributed by atoms with Crippen LogP contribution >= 0.6 is 0 Å². The Balaban J connectivity index is 2.07. The van der Waals surface area contributed by atoms with Crippen LogP contribution in [-0.4, -0.2) is 39.2 Å². The zero-order valence-electron chi connectivity index (χ0n) is 11.6. The molecule has 0 fully saturated rings. The summed E-state index contributed by atoms with van der Waals surface area (Å²) in [5.74, 6) is -0.541. The molecule has 0 saturated carbocycles. The molecule has 0 unspecified atom stereocenters. The minimum atomic E-state index is -0.897. The first-order valence-corrected chi connectivity index (χ1v) is 6.61. The van der Waals surface area contributed by atoms with Gasteiger partial charge >= 0.3 is 5.97 Å². The molecule has 0 saturated heterocycles. The standard InChI is InChI=1S/C14H16FN3O3/c1-2-7-18(9-13(19)20)8-12-16-14(21-17-12)10-3-5-11(15)6-4-10/h3-6H,2,7-9H2,1H3,(H,19,20). The van der Waals surface area contributed by atoms with Crippen molar-refractivity contribution in [2.24, 2.45) is 0 Å². The van der Waals surface area contributed by atoms with Gasteiger partial charge in [-0.3, -0.25) is 9.69 Å². The van der Waals surface area contributed by atoms with Crippen molar-refractivity contribution >= 4 is 5.97 Å². The van der Waals surface area contributed by atoms with E-state index in [2.05, 4.69) is 10.1 Å². The summed E-state index contributed by atoms with van der Waals surface area (Å²) in [4.78, 5) is 16.7. The summed E-state index contributed by atoms with van der Waals surface area (Å²) < 4.78 is 18.0. The summed E-state index contributed by atoms with van der Waals surface area (Å²) in [6.07, 6.45) is 0.829. The Bertz CT molecular complexity index is 598. The number of hydrogen-bond donors (Lipinski definition) is 1. The Morgan fingerprint density at radius 1 is 1.38 bits per heavy atom. The van der Waals surface area contributed by atoms with Crippen LogP contribution in [0.25, 0.3) is 11.5 Å². The maximum Gasteiger partial charge on any atom is 0.317 e. The molecule has 2 aromatic rings. The van der Waals surface area contributed by atoms with Crippen molar-refractivity contribution in [3.8, 4) is 11.5 Å². The molecule has 1 aromatic carbocycles. The van der Waals surface area contributed by atoms with Gasteiger partial charge in [0, 0.05) is 5.56 Å². The molecule has 1 heterocycles. The highest BCUT2D eigenvalue weighted by atomic mass is 19.1. The van der Waals surface area contributed by atoms with Crippen molar-refractivity contribution in [1.29, 1.82) is 0 Å². The molecule has 2 rings (SSSR count). The van der Waals surface area contributed by atoms with Gasteiger partial charge in [0.1, 0.15) is 5.82 Å². The van der Waals surface area contributed by atoms with Crippen LogP contribution in [-0.2, 0) is 11.3 Å². The van der Waals surface area contributed by atoms with Crippen molar-refractivity contribution in [1.82, 2.24) is 15.0 Å². The summed E-state index contributed by atoms with van der Waals surface area (Å²) in [5, 5.41) is 12.7. The normalized spacial score (nSPS) is 11.0. The van der Waals surface area contributed by atoms with E-state index >= 15 is 0 Å². The van der Waals surface area contributed by atoms with Gasteiger partial charge in [-0.2, -0.15) is 4.98 Å². The van der Waals surface area contributed by atoms with E-state index in [1.807, 2.05) is 6.92 Å². The molecule has 0 aliphatic rings. The largest absolute Gasteiger partial charge is 0.480 e. The predicted octanol–water partition coefficient (Wildman–Crippen LogP) is 2.17. The van der Waals surface area contributed by atoms with Crippen LogP contribution in [0.4, 0.5) is 4.39 Å². The lowest BCUT2D eigenvalue weighted by Gasteiger charge is -2.16. The number of carboxylic acids is 1. The molecule has 112 valence electrons. The number of aromatic nitrogens is 2. The van der Waals surface area contributed by atoms with Gasteiger partial charge in [0.25, 0.3) is 5.89 Å². The lowest BCUT2D eigenvalue weighted by atomic mass is 10.2. The lowest BCUT2D eigenvalue weighted by molar-refractivity contribution is -0.138. The second-order valence-electron chi connectivity index (χ2n) is 4.63. The van der Waals surface area contributed by atoms with Crippen LogP contribution in [0.2, 0.25) is 0 Å². The van der Waals surface area contributed by atoms with Crippen LogP contribution < -0.4 is 0 Å². The molecule has 0 atom stereocenters. The van der Waals surface area contributed by atoms with Crippen molar-refractivity contribution < 1.29 is 18.8 Å². The number of rotatable bonds is 7. The molecule has 0 amide bonds. The SMILES string of the molecule is CCCN(CC(=O)O)Cc1noc(-c2ccc(F)cc2)n1. The quantitative estimate of drug-likeness (QED) is 0.842. The minimum Gasteiger partial charge on any atom is -0.480 e. The van der Waals surface area contributed by atoms with E-state index in [0.29, 0.717) is 24.5 Å². The molecular formula is C14H16FN3O3. The first-order chi connectivity index (χ1) is 10.1. The third-order valence-electron chi connectivity index (χ3n) is 2.82. The topological polar surface area (TPSA) is 79.5 Å². The highest BCUT2D eigenvalue weighted by Gasteiger charge is 2.14. The van der Waals surface area contributed by atoms with Crippen LogP contribution in [0.5, 0.6) is 0 Å². The summed E-state index contributed by atoms with van der Waals surface area (Å²) in [6.45, 7) is 2.82. The van der Waals surface area contributed by atoms with Gasteiger partial charge in [0.2, 0.25) is 0 Å². The van der Waals surface area contributed by atoms with Crippen LogP contribution in [0.1, 0.15) is 19.2 Å². The number of halogens is 1. The minimum absolute atomic E-state index is 0.0751. The van der Waals surface area contributed by atoms with E-state index in [1.165, 1.54) is 12.1 Å². The third kappa shape index (κ3) is 4.35. The molecule has 1 aromatic heterocycles. The van der Waals surface area contributed by atoms with Crippen LogP contribution in [0, 0.1) is 5.82 Å². The van der Waals surface area contributed by atoms with E-state index < -0.39 is 5.97 Å². The maximum atomic E-state index is 12.9. The molecule has 0 aliphatic carbocycles. The predicted molar refractivity (Wildman–Crippen MR) is 72.9 cm³/mol. The summed E-state index contributed by atoms with van der Waals surface area (Å²) in [6, 6.07) is 5.72. The van der Waals surface area contributed by atoms with E-state index in [9.17, 15) is 9.18 Å². The van der Waals surface area contributed by atoms with Gasteiger partial charge in [-0.15, -0.1) is 0 Å². The zero-order valence-corrected chi connectivity index (χ0v) is 11.6.